The molecule has 2 N–H and O–H groups in total. The van der Waals surface area contributed by atoms with Gasteiger partial charge in [0.25, 0.3) is 0 Å². The monoisotopic (exact) mass is 302 g/mol. The number of urea groups is 1. The Morgan fingerprint density at radius 1 is 1.55 bits per heavy atom. The molecule has 2 saturated heterocycles. The van der Waals surface area contributed by atoms with Gasteiger partial charge in [-0.05, 0) is 26.2 Å². The van der Waals surface area contributed by atoms with E-state index in [2.05, 4.69) is 5.32 Å². The predicted octanol–water partition coefficient (Wildman–Crippen LogP) is 1.50. The smallest absolute Gasteiger partial charge is 0.327 e. The molecule has 0 spiro atoms. The summed E-state index contributed by atoms with van der Waals surface area (Å²) >= 11 is 1.53. The Morgan fingerprint density at radius 3 is 2.85 bits per heavy atom. The number of hydrogen-bond donors (Lipinski definition) is 2. The van der Waals surface area contributed by atoms with E-state index in [1.807, 2.05) is 13.8 Å². The Morgan fingerprint density at radius 2 is 2.30 bits per heavy atom. The Balaban J connectivity index is 1.96. The van der Waals surface area contributed by atoms with Crippen LogP contribution in [0, 0.1) is 0 Å². The molecule has 2 amide bonds. The molecule has 7 heteroatoms. The van der Waals surface area contributed by atoms with Gasteiger partial charge < -0.3 is 15.2 Å². The average molecular weight is 302 g/mol. The van der Waals surface area contributed by atoms with Crippen molar-refractivity contribution >= 4 is 23.8 Å². The quantitative estimate of drug-likeness (QED) is 0.823. The number of rotatable bonds is 4. The first-order chi connectivity index (χ1) is 9.47. The topological polar surface area (TPSA) is 78.9 Å². The summed E-state index contributed by atoms with van der Waals surface area (Å²) in [6.07, 6.45) is 2.67. The number of carboxylic acid groups (broad SMARTS) is 1. The minimum Gasteiger partial charge on any atom is -0.480 e. The van der Waals surface area contributed by atoms with E-state index < -0.39 is 12.0 Å². The molecule has 0 aromatic heterocycles. The minimum absolute atomic E-state index is 0.0617. The van der Waals surface area contributed by atoms with Gasteiger partial charge >= 0.3 is 12.0 Å². The predicted molar refractivity (Wildman–Crippen MR) is 76.8 cm³/mol. The Labute approximate surface area is 123 Å². The molecule has 0 saturated carbocycles. The van der Waals surface area contributed by atoms with E-state index in [-0.39, 0.29) is 17.0 Å². The fourth-order valence-corrected chi connectivity index (χ4v) is 4.02. The molecule has 2 fully saturated rings. The summed E-state index contributed by atoms with van der Waals surface area (Å²) in [6.45, 7) is 5.09. The minimum atomic E-state index is -0.938. The van der Waals surface area contributed by atoms with Crippen molar-refractivity contribution in [2.24, 2.45) is 0 Å². The third kappa shape index (κ3) is 3.20. The van der Waals surface area contributed by atoms with Crippen LogP contribution in [0.1, 0.15) is 33.1 Å². The zero-order valence-corrected chi connectivity index (χ0v) is 12.7. The summed E-state index contributed by atoms with van der Waals surface area (Å²) in [7, 11) is 0. The molecular weight excluding hydrogens is 280 g/mol. The van der Waals surface area contributed by atoms with Crippen LogP contribution in [-0.2, 0) is 9.53 Å². The second-order valence-corrected chi connectivity index (χ2v) is 6.73. The zero-order valence-electron chi connectivity index (χ0n) is 11.9. The lowest BCUT2D eigenvalue weighted by atomic mass is 10.0. The van der Waals surface area contributed by atoms with Crippen molar-refractivity contribution in [1.29, 1.82) is 0 Å². The molecule has 6 nitrogen and oxygen atoms in total. The van der Waals surface area contributed by atoms with Gasteiger partial charge in [-0.3, -0.25) is 4.90 Å². The summed E-state index contributed by atoms with van der Waals surface area (Å²) in [4.78, 5) is 25.0. The lowest BCUT2D eigenvalue weighted by Crippen LogP contribution is -2.52. The highest BCUT2D eigenvalue weighted by Gasteiger charge is 2.41. The molecule has 0 bridgehead atoms. The fraction of sp³-hybridized carbons (Fsp3) is 0.846. The molecule has 0 aromatic carbocycles. The number of ether oxygens (including phenoxy) is 1. The van der Waals surface area contributed by atoms with Gasteiger partial charge in [0.15, 0.2) is 0 Å². The number of nitrogens with one attached hydrogen (secondary N) is 1. The van der Waals surface area contributed by atoms with Crippen molar-refractivity contribution in [3.8, 4) is 0 Å². The fourth-order valence-electron chi connectivity index (χ4n) is 2.67. The van der Waals surface area contributed by atoms with Gasteiger partial charge in [0, 0.05) is 18.9 Å². The number of amides is 2. The molecular formula is C13H22N2O4S. The first-order valence-corrected chi connectivity index (χ1v) is 8.06. The van der Waals surface area contributed by atoms with E-state index in [1.54, 1.807) is 0 Å². The van der Waals surface area contributed by atoms with Crippen molar-refractivity contribution in [2.75, 3.05) is 18.9 Å². The summed E-state index contributed by atoms with van der Waals surface area (Å²) in [5.74, 6) is -0.485. The van der Waals surface area contributed by atoms with Crippen LogP contribution in [0.3, 0.4) is 0 Å². The summed E-state index contributed by atoms with van der Waals surface area (Å²) in [6, 6.07) is -1.03. The number of nitrogens with zero attached hydrogens (tertiary/aromatic N) is 1. The second kappa shape index (κ2) is 6.22. The number of hydrogen-bond acceptors (Lipinski definition) is 4. The van der Waals surface area contributed by atoms with Gasteiger partial charge in [-0.25, -0.2) is 9.59 Å². The lowest BCUT2D eigenvalue weighted by molar-refractivity contribution is -0.141. The number of thioether (sulfide) groups is 1. The van der Waals surface area contributed by atoms with Crippen LogP contribution in [0.25, 0.3) is 0 Å². The van der Waals surface area contributed by atoms with Gasteiger partial charge in [-0.1, -0.05) is 6.92 Å². The third-order valence-corrected chi connectivity index (χ3v) is 5.33. The van der Waals surface area contributed by atoms with Crippen LogP contribution in [0.5, 0.6) is 0 Å². The number of carbonyl (C=O) groups excluding carboxylic acids is 1. The number of aliphatic carboxylic acids is 1. The molecule has 114 valence electrons. The van der Waals surface area contributed by atoms with Crippen molar-refractivity contribution in [2.45, 2.75) is 50.1 Å². The molecule has 3 atom stereocenters. The van der Waals surface area contributed by atoms with Crippen LogP contribution in [0.15, 0.2) is 0 Å². The first-order valence-electron chi connectivity index (χ1n) is 7.01. The van der Waals surface area contributed by atoms with Crippen molar-refractivity contribution in [1.82, 2.24) is 10.2 Å². The average Bonchev–Trinajstić information content (AvgIpc) is 3.02. The van der Waals surface area contributed by atoms with Crippen molar-refractivity contribution in [3.63, 3.8) is 0 Å². The molecule has 0 aromatic rings. The number of carboxylic acids is 1. The third-order valence-electron chi connectivity index (χ3n) is 3.88. The van der Waals surface area contributed by atoms with E-state index in [1.165, 1.54) is 16.7 Å². The van der Waals surface area contributed by atoms with Gasteiger partial charge in [-0.15, -0.1) is 11.8 Å². The molecule has 20 heavy (non-hydrogen) atoms. The largest absolute Gasteiger partial charge is 0.480 e. The Hall–Kier alpha value is -0.950. The van der Waals surface area contributed by atoms with Crippen LogP contribution < -0.4 is 5.32 Å². The summed E-state index contributed by atoms with van der Waals surface area (Å²) in [5, 5.41) is 12.0. The van der Waals surface area contributed by atoms with E-state index >= 15 is 0 Å². The van der Waals surface area contributed by atoms with Crippen molar-refractivity contribution < 1.29 is 19.4 Å². The molecule has 2 aliphatic rings. The first kappa shape index (κ1) is 15.4. The van der Waals surface area contributed by atoms with Gasteiger partial charge in [-0.2, -0.15) is 0 Å². The van der Waals surface area contributed by atoms with Gasteiger partial charge in [0.2, 0.25) is 0 Å². The van der Waals surface area contributed by atoms with E-state index in [9.17, 15) is 14.7 Å². The standard InChI is InChI=1S/C13H22N2O4S/c1-3-10-15(9(7-20-10)11(16)17)12(18)14-8-13(2)5-4-6-19-13/h9-10H,3-8H2,1-2H3,(H,14,18)(H,16,17). The normalized spacial score (nSPS) is 33.4. The maximum Gasteiger partial charge on any atom is 0.327 e. The van der Waals surface area contributed by atoms with Gasteiger partial charge in [0.1, 0.15) is 6.04 Å². The maximum atomic E-state index is 12.3. The van der Waals surface area contributed by atoms with Crippen LogP contribution in [0.4, 0.5) is 4.79 Å². The zero-order chi connectivity index (χ0) is 14.8. The molecule has 2 rings (SSSR count). The second-order valence-electron chi connectivity index (χ2n) is 5.52. The summed E-state index contributed by atoms with van der Waals surface area (Å²) in [5.41, 5.74) is -0.317. The molecule has 3 unspecified atom stereocenters. The maximum absolute atomic E-state index is 12.3. The lowest BCUT2D eigenvalue weighted by Gasteiger charge is -2.29. The van der Waals surface area contributed by atoms with Gasteiger partial charge in [0.05, 0.1) is 11.0 Å². The van der Waals surface area contributed by atoms with Crippen LogP contribution in [-0.4, -0.2) is 57.9 Å². The van der Waals surface area contributed by atoms with Crippen molar-refractivity contribution in [3.05, 3.63) is 0 Å². The Kier molecular flexibility index (Phi) is 4.80. The van der Waals surface area contributed by atoms with E-state index in [0.717, 1.165) is 25.9 Å². The highest BCUT2D eigenvalue weighted by atomic mass is 32.2. The molecule has 2 heterocycles. The highest BCUT2D eigenvalue weighted by molar-refractivity contribution is 8.00. The molecule has 2 aliphatic heterocycles. The van der Waals surface area contributed by atoms with E-state index in [4.69, 9.17) is 4.74 Å². The van der Waals surface area contributed by atoms with E-state index in [0.29, 0.717) is 12.3 Å². The highest BCUT2D eigenvalue weighted by Crippen LogP contribution is 2.31. The summed E-state index contributed by atoms with van der Waals surface area (Å²) < 4.78 is 5.63. The van der Waals surface area contributed by atoms with Crippen LogP contribution >= 0.6 is 11.8 Å². The number of carbonyl (C=O) groups is 2. The molecule has 0 aliphatic carbocycles. The molecule has 0 radical (unpaired) electrons. The Bertz CT molecular complexity index is 385. The van der Waals surface area contributed by atoms with Crippen LogP contribution in [0.2, 0.25) is 0 Å². The SMILES string of the molecule is CCC1SCC(C(=O)O)N1C(=O)NCC1(C)CCCO1.